The molecule has 1 unspecified atom stereocenters. The molecule has 0 aromatic rings. The third kappa shape index (κ3) is 6.68. The van der Waals surface area contributed by atoms with Crippen molar-refractivity contribution in [3.63, 3.8) is 0 Å². The molecule has 0 spiro atoms. The molecule has 5 nitrogen and oxygen atoms in total. The molecule has 0 aromatic heterocycles. The average molecular weight is 286 g/mol. The molecule has 20 heavy (non-hydrogen) atoms. The third-order valence-corrected chi connectivity index (χ3v) is 3.62. The summed E-state index contributed by atoms with van der Waals surface area (Å²) in [6.07, 6.45) is 0.701. The van der Waals surface area contributed by atoms with Crippen LogP contribution in [0.1, 0.15) is 27.2 Å². The molecular formula is C15H30N2O3. The molecule has 1 heterocycles. The summed E-state index contributed by atoms with van der Waals surface area (Å²) in [5, 5.41) is 0. The summed E-state index contributed by atoms with van der Waals surface area (Å²) in [7, 11) is 1.44. The molecule has 5 heteroatoms. The Balaban J connectivity index is 2.34. The Morgan fingerprint density at radius 2 is 2.25 bits per heavy atom. The van der Waals surface area contributed by atoms with E-state index < -0.39 is 0 Å². The minimum absolute atomic E-state index is 0.144. The predicted octanol–water partition coefficient (Wildman–Crippen LogP) is 1.23. The van der Waals surface area contributed by atoms with Crippen molar-refractivity contribution in [2.45, 2.75) is 33.3 Å². The summed E-state index contributed by atoms with van der Waals surface area (Å²) >= 11 is 0. The number of morpholine rings is 1. The lowest BCUT2D eigenvalue weighted by atomic mass is 10.1. The van der Waals surface area contributed by atoms with Gasteiger partial charge in [0, 0.05) is 32.7 Å². The van der Waals surface area contributed by atoms with Crippen molar-refractivity contribution in [3.8, 4) is 0 Å². The summed E-state index contributed by atoms with van der Waals surface area (Å²) in [5.41, 5.74) is 0. The van der Waals surface area contributed by atoms with E-state index in [0.717, 1.165) is 45.9 Å². The van der Waals surface area contributed by atoms with Crippen molar-refractivity contribution in [2.75, 3.05) is 53.0 Å². The molecule has 0 aromatic carbocycles. The average Bonchev–Trinajstić information content (AvgIpc) is 2.42. The van der Waals surface area contributed by atoms with Crippen LogP contribution in [0, 0.1) is 5.92 Å². The Hall–Kier alpha value is -0.650. The van der Waals surface area contributed by atoms with Gasteiger partial charge in [-0.2, -0.15) is 0 Å². The number of ether oxygens (including phenoxy) is 2. The Morgan fingerprint density at radius 3 is 2.85 bits per heavy atom. The molecule has 1 aliphatic heterocycles. The first kappa shape index (κ1) is 17.4. The van der Waals surface area contributed by atoms with Crippen LogP contribution < -0.4 is 0 Å². The van der Waals surface area contributed by atoms with Gasteiger partial charge in [0.05, 0.1) is 26.2 Å². The third-order valence-electron chi connectivity index (χ3n) is 3.62. The molecule has 0 amide bonds. The molecule has 1 atom stereocenters. The summed E-state index contributed by atoms with van der Waals surface area (Å²) in [4.78, 5) is 16.0. The van der Waals surface area contributed by atoms with Gasteiger partial charge in [-0.1, -0.05) is 20.8 Å². The van der Waals surface area contributed by atoms with Gasteiger partial charge in [0.25, 0.3) is 0 Å². The fourth-order valence-electron chi connectivity index (χ4n) is 2.59. The number of carbonyl (C=O) groups is 1. The predicted molar refractivity (Wildman–Crippen MR) is 79.8 cm³/mol. The van der Waals surface area contributed by atoms with Crippen molar-refractivity contribution >= 4 is 5.97 Å². The molecule has 118 valence electrons. The number of rotatable bonds is 8. The quantitative estimate of drug-likeness (QED) is 0.628. The van der Waals surface area contributed by atoms with Crippen LogP contribution in [0.4, 0.5) is 0 Å². The minimum atomic E-state index is -0.144. The highest BCUT2D eigenvalue weighted by molar-refractivity contribution is 5.69. The molecule has 0 bridgehead atoms. The second-order valence-electron chi connectivity index (χ2n) is 5.87. The van der Waals surface area contributed by atoms with Crippen molar-refractivity contribution in [1.82, 2.24) is 9.80 Å². The maximum atomic E-state index is 11.2. The van der Waals surface area contributed by atoms with Crippen LogP contribution >= 0.6 is 0 Å². The van der Waals surface area contributed by atoms with Crippen LogP contribution in [0.3, 0.4) is 0 Å². The SMILES string of the molecule is CCN(CCC(=O)OC)CC1CN(CC(C)C)CCO1. The zero-order chi connectivity index (χ0) is 15.0. The van der Waals surface area contributed by atoms with Crippen LogP contribution in [0.25, 0.3) is 0 Å². The highest BCUT2D eigenvalue weighted by Gasteiger charge is 2.22. The Kier molecular flexibility index (Phi) is 8.11. The molecule has 1 fully saturated rings. The summed E-state index contributed by atoms with van der Waals surface area (Å²) in [5.74, 6) is 0.546. The van der Waals surface area contributed by atoms with Crippen LogP contribution in [-0.4, -0.2) is 74.9 Å². The summed E-state index contributed by atoms with van der Waals surface area (Å²) in [6, 6.07) is 0. The topological polar surface area (TPSA) is 42.0 Å². The lowest BCUT2D eigenvalue weighted by molar-refractivity contribution is -0.141. The highest BCUT2D eigenvalue weighted by atomic mass is 16.5. The van der Waals surface area contributed by atoms with E-state index in [1.807, 2.05) is 0 Å². The molecule has 1 aliphatic rings. The normalized spacial score (nSPS) is 20.6. The monoisotopic (exact) mass is 286 g/mol. The van der Waals surface area contributed by atoms with Crippen LogP contribution in [0.2, 0.25) is 0 Å². The van der Waals surface area contributed by atoms with Crippen molar-refractivity contribution in [3.05, 3.63) is 0 Å². The number of esters is 1. The molecule has 0 N–H and O–H groups in total. The number of hydrogen-bond acceptors (Lipinski definition) is 5. The smallest absolute Gasteiger partial charge is 0.306 e. The standard InChI is InChI=1S/C15H30N2O3/c1-5-16(7-6-15(18)19-4)11-14-12-17(8-9-20-14)10-13(2)3/h13-14H,5-12H2,1-4H3. The first-order chi connectivity index (χ1) is 9.55. The number of methoxy groups -OCH3 is 1. The lowest BCUT2D eigenvalue weighted by Gasteiger charge is -2.36. The van der Waals surface area contributed by atoms with Crippen LogP contribution in [0.5, 0.6) is 0 Å². The first-order valence-corrected chi connectivity index (χ1v) is 7.68. The van der Waals surface area contributed by atoms with Crippen LogP contribution in [0.15, 0.2) is 0 Å². The molecule has 0 saturated carbocycles. The van der Waals surface area contributed by atoms with Gasteiger partial charge in [-0.05, 0) is 12.5 Å². The Morgan fingerprint density at radius 1 is 1.50 bits per heavy atom. The van der Waals surface area contributed by atoms with E-state index in [1.165, 1.54) is 7.11 Å². The van der Waals surface area contributed by atoms with Gasteiger partial charge in [-0.25, -0.2) is 0 Å². The van der Waals surface area contributed by atoms with Gasteiger partial charge in [-0.3, -0.25) is 9.69 Å². The maximum Gasteiger partial charge on any atom is 0.306 e. The first-order valence-electron chi connectivity index (χ1n) is 7.68. The summed E-state index contributed by atoms with van der Waals surface area (Å²) in [6.45, 7) is 13.1. The molecule has 0 radical (unpaired) electrons. The number of hydrogen-bond donors (Lipinski definition) is 0. The molecule has 1 saturated heterocycles. The number of likely N-dealkylation sites (N-methyl/N-ethyl adjacent to an activating group) is 1. The van der Waals surface area contributed by atoms with Gasteiger partial charge in [-0.15, -0.1) is 0 Å². The zero-order valence-electron chi connectivity index (χ0n) is 13.4. The van der Waals surface area contributed by atoms with Crippen molar-refractivity contribution in [1.29, 1.82) is 0 Å². The zero-order valence-corrected chi connectivity index (χ0v) is 13.4. The summed E-state index contributed by atoms with van der Waals surface area (Å²) < 4.78 is 10.5. The fourth-order valence-corrected chi connectivity index (χ4v) is 2.59. The van der Waals surface area contributed by atoms with E-state index in [1.54, 1.807) is 0 Å². The maximum absolute atomic E-state index is 11.2. The van der Waals surface area contributed by atoms with E-state index in [-0.39, 0.29) is 12.1 Å². The molecule has 1 rings (SSSR count). The van der Waals surface area contributed by atoms with E-state index in [9.17, 15) is 4.79 Å². The van der Waals surface area contributed by atoms with E-state index in [0.29, 0.717) is 12.3 Å². The van der Waals surface area contributed by atoms with Gasteiger partial charge in [0.15, 0.2) is 0 Å². The molecular weight excluding hydrogens is 256 g/mol. The second-order valence-corrected chi connectivity index (χ2v) is 5.87. The van der Waals surface area contributed by atoms with Gasteiger partial charge in [0.2, 0.25) is 0 Å². The highest BCUT2D eigenvalue weighted by Crippen LogP contribution is 2.09. The second kappa shape index (κ2) is 9.32. The largest absolute Gasteiger partial charge is 0.469 e. The van der Waals surface area contributed by atoms with Crippen LogP contribution in [-0.2, 0) is 14.3 Å². The van der Waals surface area contributed by atoms with Crippen molar-refractivity contribution < 1.29 is 14.3 Å². The van der Waals surface area contributed by atoms with E-state index in [4.69, 9.17) is 9.47 Å². The van der Waals surface area contributed by atoms with Gasteiger partial charge < -0.3 is 14.4 Å². The van der Waals surface area contributed by atoms with Crippen molar-refractivity contribution in [2.24, 2.45) is 5.92 Å². The Labute approximate surface area is 123 Å². The number of carbonyl (C=O) groups excluding carboxylic acids is 1. The van der Waals surface area contributed by atoms with Gasteiger partial charge in [0.1, 0.15) is 0 Å². The fraction of sp³-hybridized carbons (Fsp3) is 0.933. The lowest BCUT2D eigenvalue weighted by Crippen LogP contribution is -2.48. The Bertz CT molecular complexity index is 284. The minimum Gasteiger partial charge on any atom is -0.469 e. The van der Waals surface area contributed by atoms with E-state index >= 15 is 0 Å². The van der Waals surface area contributed by atoms with Gasteiger partial charge >= 0.3 is 5.97 Å². The molecule has 0 aliphatic carbocycles. The van der Waals surface area contributed by atoms with E-state index in [2.05, 4.69) is 30.6 Å². The number of nitrogens with zero attached hydrogens (tertiary/aromatic N) is 2.